The minimum Gasteiger partial charge on any atom is -0.489 e. The van der Waals surface area contributed by atoms with Crippen LogP contribution in [0.15, 0.2) is 71.6 Å². The van der Waals surface area contributed by atoms with Gasteiger partial charge in [-0.15, -0.1) is 11.8 Å². The number of hydrogen-bond acceptors (Lipinski definition) is 4. The molecule has 1 unspecified atom stereocenters. The van der Waals surface area contributed by atoms with Crippen molar-refractivity contribution >= 4 is 35.0 Å². The molecule has 0 aliphatic carbocycles. The summed E-state index contributed by atoms with van der Waals surface area (Å²) in [4.78, 5) is 25.6. The monoisotopic (exact) mass is 422 g/mol. The Hall–Kier alpha value is -3.25. The van der Waals surface area contributed by atoms with E-state index in [1.54, 1.807) is 18.2 Å². The molecule has 1 atom stereocenters. The third-order valence-electron chi connectivity index (χ3n) is 4.75. The molecular weight excluding hydrogens is 396 g/mol. The maximum absolute atomic E-state index is 12.7. The lowest BCUT2D eigenvalue weighted by atomic mass is 10.1. The van der Waals surface area contributed by atoms with Crippen LogP contribution in [0.1, 0.15) is 31.3 Å². The molecule has 1 aliphatic rings. The second-order valence-electron chi connectivity index (χ2n) is 7.22. The summed E-state index contributed by atoms with van der Waals surface area (Å²) >= 11 is 1.49. The average molecular weight is 423 g/mol. The Morgan fingerprint density at radius 2 is 1.97 bits per heavy atom. The van der Waals surface area contributed by atoms with Crippen LogP contribution >= 0.6 is 11.8 Å². The second-order valence-corrected chi connectivity index (χ2v) is 8.60. The Kier molecular flexibility index (Phi) is 5.77. The van der Waals surface area contributed by atoms with Gasteiger partial charge in [-0.25, -0.2) is 0 Å². The van der Waals surface area contributed by atoms with Gasteiger partial charge in [0, 0.05) is 25.1 Å². The third kappa shape index (κ3) is 4.66. The fraction of sp³-hybridized carbons (Fsp3) is 0.167. The molecule has 0 saturated heterocycles. The maximum Gasteiger partial charge on any atom is 0.255 e. The van der Waals surface area contributed by atoms with Crippen molar-refractivity contribution in [2.45, 2.75) is 30.6 Å². The molecule has 2 amide bonds. The van der Waals surface area contributed by atoms with E-state index < -0.39 is 0 Å². The number of amides is 2. The summed E-state index contributed by atoms with van der Waals surface area (Å²) < 4.78 is 5.87. The molecule has 4 rings (SSSR count). The van der Waals surface area contributed by atoms with Crippen LogP contribution in [-0.2, 0) is 11.4 Å². The number of fused-ring (bicyclic) bond motifs is 1. The number of rotatable bonds is 5. The van der Waals surface area contributed by atoms with Crippen molar-refractivity contribution in [3.8, 4) is 5.75 Å². The molecule has 0 aromatic heterocycles. The van der Waals surface area contributed by atoms with E-state index in [2.05, 4.69) is 16.7 Å². The highest BCUT2D eigenvalue weighted by Gasteiger charge is 2.23. The molecule has 6 heteroatoms. The Labute approximate surface area is 182 Å². The average Bonchev–Trinajstić information content (AvgIpc) is 2.73. The summed E-state index contributed by atoms with van der Waals surface area (Å²) in [7, 11) is 0. The normalized spacial score (nSPS) is 15.1. The lowest BCUT2D eigenvalue weighted by Gasteiger charge is -2.21. The first kappa shape index (κ1) is 20.0. The molecule has 0 fully saturated rings. The highest BCUT2D eigenvalue weighted by atomic mass is 32.2. The highest BCUT2D eigenvalue weighted by molar-refractivity contribution is 8.00. The molecule has 0 radical (unpaired) electrons. The van der Waals surface area contributed by atoms with Gasteiger partial charge < -0.3 is 15.4 Å². The lowest BCUT2D eigenvalue weighted by molar-refractivity contribution is -0.115. The van der Waals surface area contributed by atoms with E-state index in [0.717, 1.165) is 10.5 Å². The van der Waals surface area contributed by atoms with Crippen molar-refractivity contribution in [1.29, 1.82) is 0 Å². The first-order valence-corrected chi connectivity index (χ1v) is 10.6. The molecule has 30 heavy (non-hydrogen) atoms. The Balaban J connectivity index is 0.00000181. The first-order valence-electron chi connectivity index (χ1n) is 9.69. The smallest absolute Gasteiger partial charge is 0.255 e. The van der Waals surface area contributed by atoms with Crippen molar-refractivity contribution in [2.75, 3.05) is 10.6 Å². The molecule has 0 bridgehead atoms. The third-order valence-corrected chi connectivity index (χ3v) is 5.93. The van der Waals surface area contributed by atoms with Gasteiger partial charge in [0.25, 0.3) is 5.91 Å². The number of carbonyl (C=O) groups is 2. The SMILES string of the molecule is Cc1cccc(COc2cccc(NC(=O)c3ccc4c(c3)NC(=O)C(C)S4)c2)c1.[HH].[HH]. The van der Waals surface area contributed by atoms with E-state index in [0.29, 0.717) is 29.3 Å². The number of nitrogens with one attached hydrogen (secondary N) is 2. The molecular formula is C24H26N2O3S. The van der Waals surface area contributed by atoms with Gasteiger partial charge in [0.2, 0.25) is 5.91 Å². The van der Waals surface area contributed by atoms with Gasteiger partial charge in [0.15, 0.2) is 0 Å². The number of anilines is 2. The Bertz CT molecular complexity index is 1120. The van der Waals surface area contributed by atoms with Crippen molar-refractivity contribution in [3.63, 3.8) is 0 Å². The summed E-state index contributed by atoms with van der Waals surface area (Å²) in [5, 5.41) is 5.61. The second kappa shape index (κ2) is 8.63. The minimum absolute atomic E-state index is 0. The van der Waals surface area contributed by atoms with Crippen LogP contribution in [0.4, 0.5) is 11.4 Å². The van der Waals surface area contributed by atoms with E-state index in [9.17, 15) is 9.59 Å². The van der Waals surface area contributed by atoms with Gasteiger partial charge in [0.05, 0.1) is 10.9 Å². The molecule has 3 aromatic rings. The van der Waals surface area contributed by atoms with E-state index >= 15 is 0 Å². The molecule has 1 heterocycles. The summed E-state index contributed by atoms with van der Waals surface area (Å²) in [5.74, 6) is 0.382. The van der Waals surface area contributed by atoms with Gasteiger partial charge in [-0.2, -0.15) is 0 Å². The molecule has 0 saturated carbocycles. The number of hydrogen-bond donors (Lipinski definition) is 2. The fourth-order valence-electron chi connectivity index (χ4n) is 3.19. The largest absolute Gasteiger partial charge is 0.489 e. The molecule has 3 aromatic carbocycles. The van der Waals surface area contributed by atoms with Gasteiger partial charge in [-0.05, 0) is 49.7 Å². The predicted octanol–water partition coefficient (Wildman–Crippen LogP) is 5.75. The van der Waals surface area contributed by atoms with Crippen LogP contribution in [0.2, 0.25) is 0 Å². The minimum atomic E-state index is -0.244. The number of aryl methyl sites for hydroxylation is 1. The molecule has 156 valence electrons. The van der Waals surface area contributed by atoms with Crippen molar-refractivity contribution in [3.05, 3.63) is 83.4 Å². The maximum atomic E-state index is 12.7. The Morgan fingerprint density at radius 1 is 1.13 bits per heavy atom. The van der Waals surface area contributed by atoms with Crippen LogP contribution < -0.4 is 15.4 Å². The summed E-state index contributed by atoms with van der Waals surface area (Å²) in [6.45, 7) is 4.36. The fourth-order valence-corrected chi connectivity index (χ4v) is 4.12. The number of benzene rings is 3. The number of carbonyl (C=O) groups excluding carboxylic acids is 2. The molecule has 0 spiro atoms. The van der Waals surface area contributed by atoms with Gasteiger partial charge in [0.1, 0.15) is 12.4 Å². The number of thioether (sulfide) groups is 1. The lowest BCUT2D eigenvalue weighted by Crippen LogP contribution is -2.26. The summed E-state index contributed by atoms with van der Waals surface area (Å²) in [5.41, 5.74) is 4.08. The van der Waals surface area contributed by atoms with Gasteiger partial charge >= 0.3 is 0 Å². The van der Waals surface area contributed by atoms with E-state index in [4.69, 9.17) is 4.74 Å². The zero-order valence-electron chi connectivity index (χ0n) is 16.8. The Morgan fingerprint density at radius 3 is 2.80 bits per heavy atom. The molecule has 1 aliphatic heterocycles. The van der Waals surface area contributed by atoms with Crippen molar-refractivity contribution in [2.24, 2.45) is 0 Å². The molecule has 5 nitrogen and oxygen atoms in total. The van der Waals surface area contributed by atoms with Crippen LogP contribution in [0, 0.1) is 6.92 Å². The summed E-state index contributed by atoms with van der Waals surface area (Å²) in [6, 6.07) is 20.8. The number of ether oxygens (including phenoxy) is 1. The molecule has 2 N–H and O–H groups in total. The van der Waals surface area contributed by atoms with Crippen LogP contribution in [0.3, 0.4) is 0 Å². The van der Waals surface area contributed by atoms with E-state index in [-0.39, 0.29) is 19.9 Å². The van der Waals surface area contributed by atoms with Crippen LogP contribution in [0.5, 0.6) is 5.75 Å². The standard InChI is InChI=1S/C24H22N2O3S.2H2/c1-15-5-3-6-17(11-15)14-29-20-8-4-7-19(13-20)25-24(28)18-9-10-22-21(12-18)26-23(27)16(2)30-22;;/h3-13,16H,14H2,1-2H3,(H,25,28)(H,26,27);2*1H. The van der Waals surface area contributed by atoms with E-state index in [1.807, 2.05) is 56.3 Å². The zero-order valence-corrected chi connectivity index (χ0v) is 17.6. The summed E-state index contributed by atoms with van der Waals surface area (Å²) in [6.07, 6.45) is 0. The van der Waals surface area contributed by atoms with E-state index in [1.165, 1.54) is 17.3 Å². The topological polar surface area (TPSA) is 67.4 Å². The first-order chi connectivity index (χ1) is 14.5. The quantitative estimate of drug-likeness (QED) is 0.549. The van der Waals surface area contributed by atoms with Crippen molar-refractivity contribution < 1.29 is 17.2 Å². The predicted molar refractivity (Wildman–Crippen MR) is 125 cm³/mol. The van der Waals surface area contributed by atoms with Crippen molar-refractivity contribution in [1.82, 2.24) is 0 Å². The van der Waals surface area contributed by atoms with Gasteiger partial charge in [-0.1, -0.05) is 35.9 Å². The van der Waals surface area contributed by atoms with Crippen LogP contribution in [-0.4, -0.2) is 17.1 Å². The zero-order chi connectivity index (χ0) is 21.1. The van der Waals surface area contributed by atoms with Crippen LogP contribution in [0.25, 0.3) is 0 Å². The highest BCUT2D eigenvalue weighted by Crippen LogP contribution is 2.36. The van der Waals surface area contributed by atoms with Gasteiger partial charge in [-0.3, -0.25) is 9.59 Å².